The van der Waals surface area contributed by atoms with Crippen LogP contribution < -0.4 is 0 Å². The number of rotatable bonds is 9. The number of alkyl halides is 1. The minimum atomic E-state index is 0.809. The van der Waals surface area contributed by atoms with Gasteiger partial charge in [-0.1, -0.05) is 13.8 Å². The topological polar surface area (TPSA) is 3.24 Å². The van der Waals surface area contributed by atoms with Gasteiger partial charge in [0, 0.05) is 5.88 Å². The van der Waals surface area contributed by atoms with Crippen molar-refractivity contribution in [3.8, 4) is 0 Å². The van der Waals surface area contributed by atoms with Crippen LogP contribution in [0.2, 0.25) is 0 Å². The summed E-state index contributed by atoms with van der Waals surface area (Å²) in [6.07, 6.45) is 2.46. The predicted octanol–water partition coefficient (Wildman–Crippen LogP) is 3.08. The van der Waals surface area contributed by atoms with Gasteiger partial charge < -0.3 is 4.90 Å². The zero-order valence-electron chi connectivity index (χ0n) is 8.89. The molecule has 0 rings (SSSR count). The summed E-state index contributed by atoms with van der Waals surface area (Å²) >= 11 is 7.62. The van der Waals surface area contributed by atoms with Crippen LogP contribution in [-0.2, 0) is 0 Å². The first-order valence-corrected chi connectivity index (χ1v) is 6.90. The maximum absolute atomic E-state index is 5.59. The first kappa shape index (κ1) is 13.6. The molecule has 80 valence electrons. The van der Waals surface area contributed by atoms with Gasteiger partial charge in [0.05, 0.1) is 0 Å². The fourth-order valence-corrected chi connectivity index (χ4v) is 2.37. The van der Waals surface area contributed by atoms with Crippen LogP contribution in [0.25, 0.3) is 0 Å². The molecule has 0 N–H and O–H groups in total. The molecule has 0 fully saturated rings. The van der Waals surface area contributed by atoms with Crippen LogP contribution >= 0.6 is 23.4 Å². The maximum atomic E-state index is 5.59. The van der Waals surface area contributed by atoms with Crippen molar-refractivity contribution in [3.63, 3.8) is 0 Å². The third kappa shape index (κ3) is 8.92. The largest absolute Gasteiger partial charge is 0.304 e. The van der Waals surface area contributed by atoms with Gasteiger partial charge in [0.15, 0.2) is 0 Å². The van der Waals surface area contributed by atoms with Gasteiger partial charge in [-0.3, -0.25) is 0 Å². The summed E-state index contributed by atoms with van der Waals surface area (Å²) in [5, 5.41) is 0. The van der Waals surface area contributed by atoms with Crippen molar-refractivity contribution in [1.82, 2.24) is 4.90 Å². The molecule has 0 radical (unpaired) electrons. The fourth-order valence-electron chi connectivity index (χ4n) is 1.19. The summed E-state index contributed by atoms with van der Waals surface area (Å²) in [5.41, 5.74) is 0. The summed E-state index contributed by atoms with van der Waals surface area (Å²) < 4.78 is 0. The van der Waals surface area contributed by atoms with Crippen molar-refractivity contribution < 1.29 is 0 Å². The van der Waals surface area contributed by atoms with E-state index >= 15 is 0 Å². The highest BCUT2D eigenvalue weighted by Crippen LogP contribution is 2.05. The van der Waals surface area contributed by atoms with Gasteiger partial charge in [-0.15, -0.1) is 11.6 Å². The lowest BCUT2D eigenvalue weighted by molar-refractivity contribution is 0.305. The highest BCUT2D eigenvalue weighted by atomic mass is 35.5. The average molecular weight is 224 g/mol. The third-order valence-corrected chi connectivity index (χ3v) is 3.50. The quantitative estimate of drug-likeness (QED) is 0.437. The van der Waals surface area contributed by atoms with Gasteiger partial charge in [0.25, 0.3) is 0 Å². The van der Waals surface area contributed by atoms with Gasteiger partial charge in [-0.25, -0.2) is 0 Å². The Morgan fingerprint density at radius 2 is 1.69 bits per heavy atom. The van der Waals surface area contributed by atoms with Gasteiger partial charge in [0.2, 0.25) is 0 Å². The number of hydrogen-bond donors (Lipinski definition) is 0. The standard InChI is InChI=1S/C10H22ClNS/c1-3-12(4-2)8-6-10-13-9-5-7-11/h3-10H2,1-2H3. The van der Waals surface area contributed by atoms with Gasteiger partial charge >= 0.3 is 0 Å². The van der Waals surface area contributed by atoms with Crippen molar-refractivity contribution in [2.75, 3.05) is 37.0 Å². The highest BCUT2D eigenvalue weighted by molar-refractivity contribution is 7.99. The molecular formula is C10H22ClNS. The van der Waals surface area contributed by atoms with Gasteiger partial charge in [-0.2, -0.15) is 11.8 Å². The monoisotopic (exact) mass is 223 g/mol. The second-order valence-electron chi connectivity index (χ2n) is 3.04. The van der Waals surface area contributed by atoms with E-state index < -0.39 is 0 Å². The normalized spacial score (nSPS) is 11.1. The molecule has 0 aliphatic carbocycles. The smallest absolute Gasteiger partial charge is 0.0231 e. The number of hydrogen-bond acceptors (Lipinski definition) is 2. The molecule has 0 saturated heterocycles. The Hall–Kier alpha value is 0.600. The van der Waals surface area contributed by atoms with Crippen molar-refractivity contribution in [3.05, 3.63) is 0 Å². The molecule has 0 bridgehead atoms. The predicted molar refractivity (Wildman–Crippen MR) is 65.1 cm³/mol. The fraction of sp³-hybridized carbons (Fsp3) is 1.00. The Labute approximate surface area is 92.2 Å². The Bertz CT molecular complexity index is 96.9. The Morgan fingerprint density at radius 1 is 1.08 bits per heavy atom. The van der Waals surface area contributed by atoms with Crippen LogP contribution in [0.5, 0.6) is 0 Å². The molecule has 0 aliphatic heterocycles. The summed E-state index contributed by atoms with van der Waals surface area (Å²) in [5.74, 6) is 3.32. The Kier molecular flexibility index (Phi) is 11.2. The summed E-state index contributed by atoms with van der Waals surface area (Å²) in [6.45, 7) is 8.07. The van der Waals surface area contributed by atoms with Crippen molar-refractivity contribution >= 4 is 23.4 Å². The molecule has 0 aliphatic rings. The van der Waals surface area contributed by atoms with Gasteiger partial charge in [0.1, 0.15) is 0 Å². The van der Waals surface area contributed by atoms with Crippen LogP contribution in [0, 0.1) is 0 Å². The van der Waals surface area contributed by atoms with E-state index in [0.29, 0.717) is 0 Å². The highest BCUT2D eigenvalue weighted by Gasteiger charge is 1.97. The SMILES string of the molecule is CCN(CC)CCCSCCCCl. The van der Waals surface area contributed by atoms with E-state index in [4.69, 9.17) is 11.6 Å². The lowest BCUT2D eigenvalue weighted by atomic mass is 10.4. The number of halogens is 1. The molecule has 0 heterocycles. The van der Waals surface area contributed by atoms with Crippen molar-refractivity contribution in [1.29, 1.82) is 0 Å². The van der Waals surface area contributed by atoms with Crippen molar-refractivity contribution in [2.45, 2.75) is 26.7 Å². The average Bonchev–Trinajstić information content (AvgIpc) is 2.17. The van der Waals surface area contributed by atoms with Crippen LogP contribution in [0.3, 0.4) is 0 Å². The summed E-state index contributed by atoms with van der Waals surface area (Å²) in [6, 6.07) is 0. The minimum absolute atomic E-state index is 0.809. The molecule has 1 nitrogen and oxygen atoms in total. The van der Waals surface area contributed by atoms with E-state index in [1.54, 1.807) is 0 Å². The first-order chi connectivity index (χ1) is 6.35. The van der Waals surface area contributed by atoms with Crippen LogP contribution in [-0.4, -0.2) is 41.9 Å². The maximum Gasteiger partial charge on any atom is 0.0231 e. The molecule has 0 aromatic carbocycles. The zero-order chi connectivity index (χ0) is 9.94. The van der Waals surface area contributed by atoms with E-state index in [-0.39, 0.29) is 0 Å². The molecule has 0 aromatic heterocycles. The molecule has 0 spiro atoms. The van der Waals surface area contributed by atoms with E-state index in [1.165, 1.54) is 37.6 Å². The zero-order valence-corrected chi connectivity index (χ0v) is 10.5. The van der Waals surface area contributed by atoms with E-state index in [9.17, 15) is 0 Å². The lowest BCUT2D eigenvalue weighted by Crippen LogP contribution is -2.24. The third-order valence-electron chi connectivity index (χ3n) is 2.08. The molecule has 3 heteroatoms. The lowest BCUT2D eigenvalue weighted by Gasteiger charge is -2.17. The molecule has 0 aromatic rings. The second-order valence-corrected chi connectivity index (χ2v) is 4.64. The van der Waals surface area contributed by atoms with Crippen LogP contribution in [0.4, 0.5) is 0 Å². The molecule has 0 saturated carbocycles. The van der Waals surface area contributed by atoms with E-state index in [1.807, 2.05) is 11.8 Å². The van der Waals surface area contributed by atoms with E-state index in [2.05, 4.69) is 18.7 Å². The Balaban J connectivity index is 3.05. The number of thioether (sulfide) groups is 1. The molecule has 0 unspecified atom stereocenters. The Morgan fingerprint density at radius 3 is 2.23 bits per heavy atom. The summed E-state index contributed by atoms with van der Waals surface area (Å²) in [4.78, 5) is 2.47. The summed E-state index contributed by atoms with van der Waals surface area (Å²) in [7, 11) is 0. The molecule has 0 atom stereocenters. The molecule has 13 heavy (non-hydrogen) atoms. The van der Waals surface area contributed by atoms with Crippen LogP contribution in [0.1, 0.15) is 26.7 Å². The van der Waals surface area contributed by atoms with Gasteiger partial charge in [-0.05, 0) is 44.0 Å². The first-order valence-electron chi connectivity index (χ1n) is 5.21. The molecular weight excluding hydrogens is 202 g/mol. The van der Waals surface area contributed by atoms with Crippen molar-refractivity contribution in [2.24, 2.45) is 0 Å². The molecule has 0 amide bonds. The van der Waals surface area contributed by atoms with E-state index in [0.717, 1.165) is 12.3 Å². The second kappa shape index (κ2) is 10.7. The minimum Gasteiger partial charge on any atom is -0.304 e. The number of nitrogens with zero attached hydrogens (tertiary/aromatic N) is 1. The van der Waals surface area contributed by atoms with Crippen LogP contribution in [0.15, 0.2) is 0 Å².